The van der Waals surface area contributed by atoms with Gasteiger partial charge in [-0.25, -0.2) is 23.6 Å². The molecule has 0 spiro atoms. The molecular weight excluding hydrogens is 782 g/mol. The van der Waals surface area contributed by atoms with Gasteiger partial charge in [-0.3, -0.25) is 22.6 Å². The second-order valence-corrected chi connectivity index (χ2v) is 18.2. The number of imidazole rings is 1. The highest BCUT2D eigenvalue weighted by Gasteiger charge is 2.54. The number of anilines is 1. The van der Waals surface area contributed by atoms with Crippen LogP contribution in [0.2, 0.25) is 0 Å². The predicted molar refractivity (Wildman–Crippen MR) is 175 cm³/mol. The van der Waals surface area contributed by atoms with Crippen LogP contribution < -0.4 is 25.3 Å². The van der Waals surface area contributed by atoms with Gasteiger partial charge in [-0.2, -0.15) is 0 Å². The quantitative estimate of drug-likeness (QED) is 0.157. The van der Waals surface area contributed by atoms with Crippen molar-refractivity contribution in [3.8, 4) is 0 Å². The molecule has 24 heteroatoms. The molecule has 2 N–H and O–H groups in total. The first kappa shape index (κ1) is 38.0. The Balaban J connectivity index is 1.02. The molecule has 9 atom stereocenters. The zero-order valence-electron chi connectivity index (χ0n) is 26.9. The van der Waals surface area contributed by atoms with E-state index in [0.717, 1.165) is 5.56 Å². The van der Waals surface area contributed by atoms with E-state index in [0.29, 0.717) is 17.2 Å². The van der Waals surface area contributed by atoms with Crippen molar-refractivity contribution in [3.63, 3.8) is 0 Å². The first-order chi connectivity index (χ1) is 25.1. The Labute approximate surface area is 299 Å². The molecule has 2 aliphatic rings. The van der Waals surface area contributed by atoms with E-state index in [2.05, 4.69) is 27.9 Å². The average molecular weight is 809 g/mol. The smallest absolute Gasteiger partial charge is 0.280 e. The largest absolute Gasteiger partial charge is 0.778 e. The molecule has 0 aliphatic carbocycles. The number of hydrogen-bond donors (Lipinski definition) is 1. The molecule has 4 heterocycles. The standard InChI is InChI=1S/C29H31N5O15P4/c30-27-24-28(32-16-31-27)34(17-33-24)29-26-25(45-23(46-26)13-18-7-2-1-3-8-18)22(44-29)14-43-51(37,38)48-53(41,42)49-52(39,40)47-50(35,36)15-20-11-6-10-19-9-4-5-12-21(19)20/h1-12,16-17,22-23,25-26,29H,13-15H2,(H,35,36)(H,37,38)(H,39,40)(H,41,42)(H2,30,31,32)/p-4/t22-,23?,25?,26+,29-/m1/s1. The first-order valence-corrected chi connectivity index (χ1v) is 21.6. The molecule has 5 aromatic rings. The van der Waals surface area contributed by atoms with Crippen LogP contribution in [-0.4, -0.2) is 50.7 Å². The van der Waals surface area contributed by atoms with Crippen LogP contribution in [0.15, 0.2) is 85.5 Å². The van der Waals surface area contributed by atoms with Crippen molar-refractivity contribution >= 4 is 58.8 Å². The summed E-state index contributed by atoms with van der Waals surface area (Å²) in [6.07, 6.45) is -3.13. The second-order valence-electron chi connectivity index (χ2n) is 11.8. The molecule has 53 heavy (non-hydrogen) atoms. The number of benzene rings is 3. The number of rotatable bonds is 14. The lowest BCUT2D eigenvalue weighted by Crippen LogP contribution is -2.32. The van der Waals surface area contributed by atoms with Crippen LogP contribution in [0.5, 0.6) is 0 Å². The normalized spacial score (nSPS) is 26.1. The van der Waals surface area contributed by atoms with Crippen molar-refractivity contribution in [1.29, 1.82) is 0 Å². The molecule has 20 nitrogen and oxygen atoms in total. The van der Waals surface area contributed by atoms with Gasteiger partial charge >= 0.3 is 0 Å². The Kier molecular flexibility index (Phi) is 10.6. The van der Waals surface area contributed by atoms with E-state index in [-0.39, 0.29) is 22.5 Å². The van der Waals surface area contributed by atoms with Crippen molar-refractivity contribution in [1.82, 2.24) is 19.5 Å². The van der Waals surface area contributed by atoms with Gasteiger partial charge in [0.25, 0.3) is 23.5 Å². The van der Waals surface area contributed by atoms with E-state index >= 15 is 0 Å². The lowest BCUT2D eigenvalue weighted by atomic mass is 10.1. The monoisotopic (exact) mass is 809 g/mol. The molecule has 282 valence electrons. The van der Waals surface area contributed by atoms with Gasteiger partial charge in [-0.15, -0.1) is 0 Å². The van der Waals surface area contributed by atoms with Gasteiger partial charge in [0.05, 0.1) is 12.9 Å². The number of aromatic nitrogens is 4. The molecule has 2 fully saturated rings. The zero-order valence-corrected chi connectivity index (χ0v) is 30.4. The van der Waals surface area contributed by atoms with Crippen molar-refractivity contribution in [3.05, 3.63) is 96.6 Å². The number of nitrogens with zero attached hydrogens (tertiary/aromatic N) is 4. The van der Waals surface area contributed by atoms with Crippen LogP contribution in [0, 0.1) is 0 Å². The molecule has 6 unspecified atom stereocenters. The molecule has 0 radical (unpaired) electrons. The average Bonchev–Trinajstić information content (AvgIpc) is 3.77. The van der Waals surface area contributed by atoms with Gasteiger partial charge in [0.15, 0.2) is 24.0 Å². The van der Waals surface area contributed by atoms with Gasteiger partial charge < -0.3 is 48.6 Å². The molecule has 3 aromatic carbocycles. The molecular formula is C29H27N5O15P4-4. The van der Waals surface area contributed by atoms with Crippen molar-refractivity contribution in [2.45, 2.75) is 43.4 Å². The third-order valence-electron chi connectivity index (χ3n) is 8.08. The van der Waals surface area contributed by atoms with Crippen LogP contribution in [-0.2, 0) is 62.5 Å². The Bertz CT molecular complexity index is 2330. The summed E-state index contributed by atoms with van der Waals surface area (Å²) in [4.78, 5) is 62.4. The van der Waals surface area contributed by atoms with Crippen molar-refractivity contribution in [2.75, 3.05) is 12.3 Å². The molecule has 2 aromatic heterocycles. The number of fused-ring (bicyclic) bond motifs is 3. The van der Waals surface area contributed by atoms with Gasteiger partial charge in [0.1, 0.15) is 37.8 Å². The Hall–Kier alpha value is -3.25. The molecule has 2 aliphatic heterocycles. The number of nitrogen functional groups attached to an aromatic ring is 1. The minimum atomic E-state index is -6.41. The van der Waals surface area contributed by atoms with Gasteiger partial charge in [-0.1, -0.05) is 72.8 Å². The summed E-state index contributed by atoms with van der Waals surface area (Å²) in [5.74, 6) is 0.0818. The maximum atomic E-state index is 12.7. The Morgan fingerprint density at radius 2 is 1.43 bits per heavy atom. The lowest BCUT2D eigenvalue weighted by Gasteiger charge is -2.37. The van der Waals surface area contributed by atoms with E-state index in [4.69, 9.17) is 24.5 Å². The maximum absolute atomic E-state index is 12.7. The van der Waals surface area contributed by atoms with E-state index < -0.39 is 74.7 Å². The molecule has 0 saturated carbocycles. The number of ether oxygens (including phenoxy) is 3. The Morgan fingerprint density at radius 1 is 0.755 bits per heavy atom. The van der Waals surface area contributed by atoms with Crippen molar-refractivity contribution < 1.29 is 69.5 Å². The van der Waals surface area contributed by atoms with Crippen molar-refractivity contribution in [2.24, 2.45) is 0 Å². The van der Waals surface area contributed by atoms with Crippen LogP contribution >= 0.6 is 31.1 Å². The highest BCUT2D eigenvalue weighted by molar-refractivity contribution is 7.69. The van der Waals surface area contributed by atoms with E-state index in [9.17, 15) is 37.8 Å². The zero-order chi connectivity index (χ0) is 37.6. The highest BCUT2D eigenvalue weighted by Crippen LogP contribution is 2.67. The number of phosphoric ester groups is 1. The van der Waals surface area contributed by atoms with E-state index in [1.165, 1.54) is 29.4 Å². The predicted octanol–water partition coefficient (Wildman–Crippen LogP) is 2.04. The second kappa shape index (κ2) is 14.8. The summed E-state index contributed by atoms with van der Waals surface area (Å²) in [6, 6.07) is 20.4. The molecule has 7 rings (SSSR count). The van der Waals surface area contributed by atoms with Gasteiger partial charge in [-0.05, 0) is 21.9 Å². The number of phosphoric acid groups is 3. The first-order valence-electron chi connectivity index (χ1n) is 15.5. The minimum absolute atomic E-state index is 0.0818. The van der Waals surface area contributed by atoms with Crippen LogP contribution in [0.4, 0.5) is 5.82 Å². The molecule has 0 amide bonds. The highest BCUT2D eigenvalue weighted by atomic mass is 31.3. The van der Waals surface area contributed by atoms with Gasteiger partial charge in [0, 0.05) is 12.6 Å². The minimum Gasteiger partial charge on any atom is -0.778 e. The number of hydrogen-bond acceptors (Lipinski definition) is 19. The SMILES string of the molecule is Nc1ncnc2c1ncn2[C@@H]1O[C@H](COP(=O)([O-])OP(=O)([O-])OP(=O)([O-])OP(=O)([O-])Cc2cccc3ccccc23)C2OC(Cc3ccccc3)O[C@@H]21. The fourth-order valence-electron chi connectivity index (χ4n) is 6.00. The third-order valence-corrected chi connectivity index (χ3v) is 14.3. The van der Waals surface area contributed by atoms with E-state index in [1.807, 2.05) is 30.3 Å². The third kappa shape index (κ3) is 8.85. The van der Waals surface area contributed by atoms with Crippen LogP contribution in [0.3, 0.4) is 0 Å². The fourth-order valence-corrected chi connectivity index (χ4v) is 11.4. The Morgan fingerprint density at radius 3 is 2.23 bits per heavy atom. The molecule has 2 saturated heterocycles. The maximum Gasteiger partial charge on any atom is 0.280 e. The van der Waals surface area contributed by atoms with Gasteiger partial charge in [0.2, 0.25) is 0 Å². The summed E-state index contributed by atoms with van der Waals surface area (Å²) >= 11 is 0. The molecule has 0 bridgehead atoms. The lowest BCUT2D eigenvalue weighted by molar-refractivity contribution is -0.251. The summed E-state index contributed by atoms with van der Waals surface area (Å²) < 4.78 is 86.3. The topological polar surface area (TPSA) is 295 Å². The summed E-state index contributed by atoms with van der Waals surface area (Å²) in [5.41, 5.74) is 7.42. The van der Waals surface area contributed by atoms with E-state index in [1.54, 1.807) is 30.3 Å². The van der Waals surface area contributed by atoms with Crippen LogP contribution in [0.1, 0.15) is 17.4 Å². The summed E-state index contributed by atoms with van der Waals surface area (Å²) in [7, 11) is -24.1. The summed E-state index contributed by atoms with van der Waals surface area (Å²) in [5, 5.41) is 1.10. The summed E-state index contributed by atoms with van der Waals surface area (Å²) in [6.45, 7) is -0.921. The number of nitrogens with two attached hydrogens (primary N) is 1. The fraction of sp³-hybridized carbons (Fsp3) is 0.276. The van der Waals surface area contributed by atoms with Crippen LogP contribution in [0.25, 0.3) is 21.9 Å².